The van der Waals surface area contributed by atoms with Gasteiger partial charge in [0.15, 0.2) is 5.84 Å². The van der Waals surface area contributed by atoms with Crippen LogP contribution in [0.25, 0.3) is 0 Å². The first-order valence-corrected chi connectivity index (χ1v) is 11.1. The molecule has 0 saturated heterocycles. The Kier molecular flexibility index (Phi) is 8.19. The minimum absolute atomic E-state index is 0.0214. The molecule has 10 nitrogen and oxygen atoms in total. The van der Waals surface area contributed by atoms with E-state index in [1.54, 1.807) is 36.3 Å². The van der Waals surface area contributed by atoms with Gasteiger partial charge in [0.25, 0.3) is 5.91 Å². The molecule has 0 spiro atoms. The molecule has 182 valence electrons. The van der Waals surface area contributed by atoms with Crippen LogP contribution < -0.4 is 15.9 Å². The first-order valence-electron chi connectivity index (χ1n) is 11.1. The fourth-order valence-corrected chi connectivity index (χ4v) is 3.70. The second kappa shape index (κ2) is 11.1. The lowest BCUT2D eigenvalue weighted by Gasteiger charge is -2.29. The molecule has 34 heavy (non-hydrogen) atoms. The zero-order chi connectivity index (χ0) is 24.8. The van der Waals surface area contributed by atoms with Crippen molar-refractivity contribution in [1.82, 2.24) is 14.9 Å². The highest BCUT2D eigenvalue weighted by Crippen LogP contribution is 2.29. The molecule has 0 aliphatic carbocycles. The molecule has 10 heteroatoms. The zero-order valence-electron chi connectivity index (χ0n) is 20.1. The van der Waals surface area contributed by atoms with Crippen molar-refractivity contribution in [1.29, 1.82) is 5.41 Å². The number of carbonyl (C=O) groups excluding carboxylic acids is 2. The molecule has 3 rings (SSSR count). The summed E-state index contributed by atoms with van der Waals surface area (Å²) in [5, 5.41) is 12.3. The highest BCUT2D eigenvalue weighted by Gasteiger charge is 2.24. The van der Waals surface area contributed by atoms with Crippen molar-refractivity contribution in [2.24, 2.45) is 5.84 Å². The van der Waals surface area contributed by atoms with Crippen LogP contribution in [-0.2, 0) is 22.5 Å². The number of hydrogen-bond donors (Lipinski definition) is 3. The van der Waals surface area contributed by atoms with E-state index >= 15 is 0 Å². The van der Waals surface area contributed by atoms with Crippen molar-refractivity contribution in [3.63, 3.8) is 0 Å². The molecule has 0 radical (unpaired) electrons. The fourth-order valence-electron chi connectivity index (χ4n) is 3.70. The number of nitrogens with zero attached hydrogens (tertiary/aromatic N) is 3. The molecule has 1 aromatic carbocycles. The summed E-state index contributed by atoms with van der Waals surface area (Å²) >= 11 is 0. The molecule has 1 aliphatic heterocycles. The number of pyridine rings is 1. The lowest BCUT2D eigenvalue weighted by atomic mass is 9.96. The Hall–Kier alpha value is -3.50. The van der Waals surface area contributed by atoms with E-state index in [0.717, 1.165) is 11.1 Å². The number of nitrogens with two attached hydrogens (primary N) is 1. The lowest BCUT2D eigenvalue weighted by molar-refractivity contribution is -0.133. The molecule has 0 atom stereocenters. The lowest BCUT2D eigenvalue weighted by Crippen LogP contribution is -2.43. The van der Waals surface area contributed by atoms with E-state index in [1.807, 2.05) is 19.9 Å². The van der Waals surface area contributed by atoms with E-state index in [4.69, 9.17) is 20.7 Å². The predicted octanol–water partition coefficient (Wildman–Crippen LogP) is 2.17. The van der Waals surface area contributed by atoms with Gasteiger partial charge in [0.05, 0.1) is 25.7 Å². The van der Waals surface area contributed by atoms with Gasteiger partial charge in [0.1, 0.15) is 17.3 Å². The Balaban J connectivity index is 1.81. The van der Waals surface area contributed by atoms with Gasteiger partial charge in [-0.15, -0.1) is 0 Å². The zero-order valence-corrected chi connectivity index (χ0v) is 20.1. The molecule has 0 unspecified atom stereocenters. The summed E-state index contributed by atoms with van der Waals surface area (Å²) in [5.41, 5.74) is 2.64. The molecule has 4 N–H and O–H groups in total. The SMILES string of the molecule is COCCC(=O)N1CCc2cc(OC)c(C(=O)Nc3cccc(C(=N)N(N)C(C)C)n3)cc2C1. The topological polar surface area (TPSA) is 134 Å². The second-order valence-electron chi connectivity index (χ2n) is 8.34. The van der Waals surface area contributed by atoms with Crippen LogP contribution >= 0.6 is 0 Å². The second-order valence-corrected chi connectivity index (χ2v) is 8.34. The van der Waals surface area contributed by atoms with E-state index in [1.165, 1.54) is 12.1 Å². The van der Waals surface area contributed by atoms with Gasteiger partial charge in [-0.3, -0.25) is 20.0 Å². The van der Waals surface area contributed by atoms with Crippen molar-refractivity contribution in [3.8, 4) is 5.75 Å². The van der Waals surface area contributed by atoms with Gasteiger partial charge in [0, 0.05) is 26.2 Å². The molecular weight excluding hydrogens is 436 g/mol. The van der Waals surface area contributed by atoms with Crippen molar-refractivity contribution in [2.75, 3.05) is 32.7 Å². The maximum atomic E-state index is 13.1. The number of anilines is 1. The Morgan fingerprint density at radius 3 is 2.71 bits per heavy atom. The number of amides is 2. The maximum absolute atomic E-state index is 13.1. The third-order valence-corrected chi connectivity index (χ3v) is 5.70. The molecule has 1 aromatic heterocycles. The number of aromatic nitrogens is 1. The number of carbonyl (C=O) groups is 2. The number of rotatable bonds is 8. The first kappa shape index (κ1) is 25.1. The van der Waals surface area contributed by atoms with Gasteiger partial charge in [-0.05, 0) is 55.7 Å². The van der Waals surface area contributed by atoms with Crippen LogP contribution in [0.3, 0.4) is 0 Å². The van der Waals surface area contributed by atoms with Crippen molar-refractivity contribution in [3.05, 3.63) is 52.7 Å². The minimum atomic E-state index is -0.396. The Labute approximate surface area is 199 Å². The van der Waals surface area contributed by atoms with Crippen LogP contribution in [0.15, 0.2) is 30.3 Å². The minimum Gasteiger partial charge on any atom is -0.496 e. The largest absolute Gasteiger partial charge is 0.496 e. The molecule has 0 saturated carbocycles. The van der Waals surface area contributed by atoms with Gasteiger partial charge in [-0.1, -0.05) is 6.07 Å². The quantitative estimate of drug-likeness (QED) is 0.234. The van der Waals surface area contributed by atoms with Gasteiger partial charge < -0.3 is 19.7 Å². The number of fused-ring (bicyclic) bond motifs is 1. The van der Waals surface area contributed by atoms with E-state index < -0.39 is 5.91 Å². The standard InChI is InChI=1S/C24H32N6O4/c1-15(2)30(26)23(25)19-6-5-7-21(27-19)28-24(32)18-12-17-14-29(22(31)9-11-33-3)10-8-16(17)13-20(18)34-4/h5-7,12-13,15,25H,8-11,14,26H2,1-4H3,(H,27,28,32). The summed E-state index contributed by atoms with van der Waals surface area (Å²) in [6.45, 7) is 5.15. The molecule has 1 aliphatic rings. The normalized spacial score (nSPS) is 12.8. The summed E-state index contributed by atoms with van der Waals surface area (Å²) in [6.07, 6.45) is 1.01. The van der Waals surface area contributed by atoms with Gasteiger partial charge >= 0.3 is 0 Å². The van der Waals surface area contributed by atoms with Crippen LogP contribution in [0.2, 0.25) is 0 Å². The summed E-state index contributed by atoms with van der Waals surface area (Å²) in [7, 11) is 3.09. The van der Waals surface area contributed by atoms with Gasteiger partial charge in [0.2, 0.25) is 5.91 Å². The Bertz CT molecular complexity index is 1070. The molecule has 2 amide bonds. The number of methoxy groups -OCH3 is 2. The summed E-state index contributed by atoms with van der Waals surface area (Å²) in [6, 6.07) is 8.56. The number of benzene rings is 1. The fraction of sp³-hybridized carbons (Fsp3) is 0.417. The van der Waals surface area contributed by atoms with Crippen molar-refractivity contribution >= 4 is 23.5 Å². The smallest absolute Gasteiger partial charge is 0.260 e. The van der Waals surface area contributed by atoms with Crippen LogP contribution in [0.5, 0.6) is 5.75 Å². The maximum Gasteiger partial charge on any atom is 0.260 e. The molecule has 0 bridgehead atoms. The van der Waals surface area contributed by atoms with Crippen LogP contribution in [0, 0.1) is 5.41 Å². The molecule has 2 heterocycles. The number of ether oxygens (including phenoxy) is 2. The first-order chi connectivity index (χ1) is 16.2. The molecule has 2 aromatic rings. The van der Waals surface area contributed by atoms with Crippen LogP contribution in [-0.4, -0.2) is 66.0 Å². The third-order valence-electron chi connectivity index (χ3n) is 5.70. The van der Waals surface area contributed by atoms with E-state index in [9.17, 15) is 9.59 Å². The van der Waals surface area contributed by atoms with Gasteiger partial charge in [-0.2, -0.15) is 0 Å². The van der Waals surface area contributed by atoms with E-state index in [-0.39, 0.29) is 17.8 Å². The summed E-state index contributed by atoms with van der Waals surface area (Å²) < 4.78 is 10.5. The van der Waals surface area contributed by atoms with Crippen molar-refractivity contribution in [2.45, 2.75) is 39.3 Å². The predicted molar refractivity (Wildman–Crippen MR) is 129 cm³/mol. The number of hydrazine groups is 1. The average Bonchev–Trinajstić information content (AvgIpc) is 2.85. The highest BCUT2D eigenvalue weighted by atomic mass is 16.5. The highest BCUT2D eigenvalue weighted by molar-refractivity contribution is 6.06. The average molecular weight is 469 g/mol. The summed E-state index contributed by atoms with van der Waals surface area (Å²) in [4.78, 5) is 31.7. The molecular formula is C24H32N6O4. The van der Waals surface area contributed by atoms with E-state index in [0.29, 0.717) is 55.4 Å². The van der Waals surface area contributed by atoms with Crippen LogP contribution in [0.4, 0.5) is 5.82 Å². The summed E-state index contributed by atoms with van der Waals surface area (Å²) in [5.74, 6) is 6.35. The monoisotopic (exact) mass is 468 g/mol. The number of nitrogens with one attached hydrogen (secondary N) is 2. The number of hydrogen-bond acceptors (Lipinski definition) is 7. The van der Waals surface area contributed by atoms with Gasteiger partial charge in [-0.25, -0.2) is 10.8 Å². The Morgan fingerprint density at radius 1 is 1.26 bits per heavy atom. The number of amidine groups is 1. The Morgan fingerprint density at radius 2 is 2.03 bits per heavy atom. The van der Waals surface area contributed by atoms with Crippen LogP contribution in [0.1, 0.15) is 47.4 Å². The molecule has 0 fully saturated rings. The third kappa shape index (κ3) is 5.70. The van der Waals surface area contributed by atoms with E-state index in [2.05, 4.69) is 10.3 Å². The van der Waals surface area contributed by atoms with Crippen molar-refractivity contribution < 1.29 is 19.1 Å².